The number of nitrogens with zero attached hydrogens (tertiary/aromatic N) is 2. The first-order valence-electron chi connectivity index (χ1n) is 11.1. The van der Waals surface area contributed by atoms with Crippen LogP contribution in [0.5, 0.6) is 0 Å². The first-order chi connectivity index (χ1) is 16.6. The molecule has 0 spiro atoms. The molecule has 10 heteroatoms. The minimum absolute atomic E-state index is 0.0411. The molecule has 0 bridgehead atoms. The summed E-state index contributed by atoms with van der Waals surface area (Å²) in [5, 5.41) is 5.96. The zero-order valence-electron chi connectivity index (χ0n) is 18.9. The fourth-order valence-corrected chi connectivity index (χ4v) is 5.19. The molecule has 35 heavy (non-hydrogen) atoms. The van der Waals surface area contributed by atoms with Crippen LogP contribution in [-0.2, 0) is 12.7 Å². The fourth-order valence-electron chi connectivity index (χ4n) is 4.02. The van der Waals surface area contributed by atoms with Crippen LogP contribution >= 0.6 is 22.9 Å². The van der Waals surface area contributed by atoms with E-state index in [4.69, 9.17) is 11.6 Å². The number of piperidine rings is 1. The average Bonchev–Trinajstić information content (AvgIpc) is 3.34. The van der Waals surface area contributed by atoms with Crippen molar-refractivity contribution < 1.29 is 22.8 Å². The molecule has 2 aromatic carbocycles. The second-order valence-corrected chi connectivity index (χ2v) is 9.74. The molecule has 1 N–H and O–H groups in total. The van der Waals surface area contributed by atoms with E-state index in [2.05, 4.69) is 10.3 Å². The molecule has 1 saturated heterocycles. The van der Waals surface area contributed by atoms with Crippen LogP contribution in [0.25, 0.3) is 0 Å². The van der Waals surface area contributed by atoms with Gasteiger partial charge in [-0.25, -0.2) is 4.98 Å². The van der Waals surface area contributed by atoms with Gasteiger partial charge in [-0.15, -0.1) is 11.3 Å². The van der Waals surface area contributed by atoms with E-state index in [9.17, 15) is 22.8 Å². The number of thiazole rings is 1. The molecular formula is C25H23ClF3N3O2S. The number of aromatic nitrogens is 1. The topological polar surface area (TPSA) is 62.3 Å². The van der Waals surface area contributed by atoms with Crippen LogP contribution in [0.4, 0.5) is 13.2 Å². The predicted molar refractivity (Wildman–Crippen MR) is 129 cm³/mol. The Hall–Kier alpha value is -2.91. The third-order valence-corrected chi connectivity index (χ3v) is 7.45. The van der Waals surface area contributed by atoms with Gasteiger partial charge in [-0.05, 0) is 49.1 Å². The maximum atomic E-state index is 13.3. The highest BCUT2D eigenvalue weighted by Gasteiger charge is 2.36. The number of rotatable bonds is 5. The molecule has 0 radical (unpaired) electrons. The summed E-state index contributed by atoms with van der Waals surface area (Å²) in [6, 6.07) is 10.5. The number of carbonyl (C=O) groups excluding carboxylic acids is 2. The molecule has 3 aromatic rings. The van der Waals surface area contributed by atoms with Crippen molar-refractivity contribution >= 4 is 34.8 Å². The molecule has 1 aromatic heterocycles. The lowest BCUT2D eigenvalue weighted by Crippen LogP contribution is -2.38. The minimum atomic E-state index is -4.59. The number of amides is 2. The van der Waals surface area contributed by atoms with Crippen molar-refractivity contribution in [1.29, 1.82) is 0 Å². The van der Waals surface area contributed by atoms with Crippen molar-refractivity contribution in [3.8, 4) is 0 Å². The number of alkyl halides is 3. The Morgan fingerprint density at radius 3 is 2.57 bits per heavy atom. The van der Waals surface area contributed by atoms with Crippen molar-refractivity contribution in [1.82, 2.24) is 15.2 Å². The van der Waals surface area contributed by atoms with Gasteiger partial charge in [-0.1, -0.05) is 35.9 Å². The first-order valence-corrected chi connectivity index (χ1v) is 12.3. The van der Waals surface area contributed by atoms with Crippen LogP contribution in [0.2, 0.25) is 5.02 Å². The van der Waals surface area contributed by atoms with Gasteiger partial charge < -0.3 is 10.2 Å². The summed E-state index contributed by atoms with van der Waals surface area (Å²) in [7, 11) is 0. The normalized spacial score (nSPS) is 14.7. The van der Waals surface area contributed by atoms with Crippen molar-refractivity contribution in [2.24, 2.45) is 0 Å². The zero-order valence-corrected chi connectivity index (χ0v) is 20.4. The SMILES string of the molecule is Cc1ccc(CNC(=O)c2csc(C3CCN(C(=O)c4ccccc4C(F)(F)F)CC3)n2)cc1Cl. The molecular weight excluding hydrogens is 499 g/mol. The van der Waals surface area contributed by atoms with Gasteiger partial charge in [0, 0.05) is 36.0 Å². The number of carbonyl (C=O) groups is 2. The van der Waals surface area contributed by atoms with Gasteiger partial charge in [0.15, 0.2) is 0 Å². The molecule has 1 aliphatic heterocycles. The summed E-state index contributed by atoms with van der Waals surface area (Å²) >= 11 is 7.51. The van der Waals surface area contributed by atoms with Gasteiger partial charge in [0.25, 0.3) is 11.8 Å². The number of hydrogen-bond acceptors (Lipinski definition) is 4. The number of benzene rings is 2. The number of nitrogens with one attached hydrogen (secondary N) is 1. The lowest BCUT2D eigenvalue weighted by Gasteiger charge is -2.31. The molecule has 184 valence electrons. The molecule has 1 fully saturated rings. The van der Waals surface area contributed by atoms with Crippen LogP contribution in [-0.4, -0.2) is 34.8 Å². The monoisotopic (exact) mass is 521 g/mol. The van der Waals surface area contributed by atoms with Crippen LogP contribution in [0.1, 0.15) is 61.3 Å². The summed E-state index contributed by atoms with van der Waals surface area (Å²) in [6.07, 6.45) is -3.46. The Morgan fingerprint density at radius 1 is 1.17 bits per heavy atom. The highest BCUT2D eigenvalue weighted by molar-refractivity contribution is 7.09. The van der Waals surface area contributed by atoms with E-state index < -0.39 is 17.6 Å². The highest BCUT2D eigenvalue weighted by Crippen LogP contribution is 2.34. The molecule has 4 rings (SSSR count). The average molecular weight is 522 g/mol. The van der Waals surface area contributed by atoms with Crippen molar-refractivity contribution in [2.75, 3.05) is 13.1 Å². The quantitative estimate of drug-likeness (QED) is 0.443. The van der Waals surface area contributed by atoms with E-state index in [0.717, 1.165) is 22.2 Å². The Balaban J connectivity index is 1.34. The Kier molecular flexibility index (Phi) is 7.47. The maximum Gasteiger partial charge on any atom is 0.417 e. The molecule has 0 atom stereocenters. The van der Waals surface area contributed by atoms with Crippen LogP contribution in [0.3, 0.4) is 0 Å². The van der Waals surface area contributed by atoms with E-state index in [1.807, 2.05) is 25.1 Å². The third-order valence-electron chi connectivity index (χ3n) is 6.04. The zero-order chi connectivity index (χ0) is 25.2. The molecule has 2 amide bonds. The summed E-state index contributed by atoms with van der Waals surface area (Å²) in [4.78, 5) is 31.3. The lowest BCUT2D eigenvalue weighted by atomic mass is 9.96. The number of hydrogen-bond donors (Lipinski definition) is 1. The lowest BCUT2D eigenvalue weighted by molar-refractivity contribution is -0.138. The Bertz CT molecular complexity index is 1240. The van der Waals surface area contributed by atoms with Crippen LogP contribution in [0.15, 0.2) is 47.8 Å². The van der Waals surface area contributed by atoms with E-state index in [-0.39, 0.29) is 17.4 Å². The summed E-state index contributed by atoms with van der Waals surface area (Å²) < 4.78 is 39.9. The van der Waals surface area contributed by atoms with E-state index >= 15 is 0 Å². The second kappa shape index (κ2) is 10.4. The van der Waals surface area contributed by atoms with Gasteiger partial charge in [0.2, 0.25) is 0 Å². The van der Waals surface area contributed by atoms with Crippen molar-refractivity contribution in [2.45, 2.75) is 38.4 Å². The summed E-state index contributed by atoms with van der Waals surface area (Å²) in [5.41, 5.74) is 0.912. The van der Waals surface area contributed by atoms with Gasteiger partial charge in [-0.2, -0.15) is 13.2 Å². The summed E-state index contributed by atoms with van der Waals surface area (Å²) in [5.74, 6) is -0.869. The molecule has 0 unspecified atom stereocenters. The van der Waals surface area contributed by atoms with Crippen LogP contribution in [0, 0.1) is 6.92 Å². The second-order valence-electron chi connectivity index (χ2n) is 8.45. The molecule has 2 heterocycles. The maximum absolute atomic E-state index is 13.3. The van der Waals surface area contributed by atoms with E-state index in [1.165, 1.54) is 34.4 Å². The van der Waals surface area contributed by atoms with Gasteiger partial charge in [-0.3, -0.25) is 9.59 Å². The van der Waals surface area contributed by atoms with E-state index in [1.54, 1.807) is 5.38 Å². The largest absolute Gasteiger partial charge is 0.417 e. The molecule has 5 nitrogen and oxygen atoms in total. The molecule has 1 aliphatic rings. The standard InChI is InChI=1S/C25H23ClF3N3O2S/c1-15-6-7-16(12-20(15)26)13-30-22(33)21-14-35-23(31-21)17-8-10-32(11-9-17)24(34)18-4-2-3-5-19(18)25(27,28)29/h2-7,12,14,17H,8-11,13H2,1H3,(H,30,33). The van der Waals surface area contributed by atoms with Gasteiger partial charge >= 0.3 is 6.18 Å². The number of halogens is 4. The number of likely N-dealkylation sites (tertiary alicyclic amines) is 1. The van der Waals surface area contributed by atoms with Crippen molar-refractivity contribution in [3.63, 3.8) is 0 Å². The smallest absolute Gasteiger partial charge is 0.347 e. The predicted octanol–water partition coefficient (Wildman–Crippen LogP) is 6.07. The summed E-state index contributed by atoms with van der Waals surface area (Å²) in [6.45, 7) is 2.88. The molecule has 0 saturated carbocycles. The first kappa shape index (κ1) is 25.2. The van der Waals surface area contributed by atoms with Gasteiger partial charge in [0.1, 0.15) is 5.69 Å². The van der Waals surface area contributed by atoms with Crippen LogP contribution < -0.4 is 5.32 Å². The van der Waals surface area contributed by atoms with Gasteiger partial charge in [0.05, 0.1) is 16.1 Å². The molecule has 0 aliphatic carbocycles. The Labute approximate surface area is 209 Å². The minimum Gasteiger partial charge on any atom is -0.347 e. The van der Waals surface area contributed by atoms with E-state index in [0.29, 0.717) is 43.2 Å². The highest BCUT2D eigenvalue weighted by atomic mass is 35.5. The van der Waals surface area contributed by atoms with Crippen molar-refractivity contribution in [3.05, 3.63) is 85.8 Å². The third kappa shape index (κ3) is 5.85. The Morgan fingerprint density at radius 2 is 1.89 bits per heavy atom. The number of aryl methyl sites for hydroxylation is 1. The fraction of sp³-hybridized carbons (Fsp3) is 0.320.